The van der Waals surface area contributed by atoms with Crippen molar-refractivity contribution in [3.8, 4) is 6.07 Å². The SMILES string of the molecule is CCNC(C)(C#N)CCN1CCc2ccccc21. The second-order valence-corrected chi connectivity index (χ2v) is 5.09. The van der Waals surface area contributed by atoms with E-state index in [0.717, 1.165) is 32.5 Å². The van der Waals surface area contributed by atoms with Crippen LogP contribution in [0.2, 0.25) is 0 Å². The average molecular weight is 243 g/mol. The van der Waals surface area contributed by atoms with E-state index in [1.807, 2.05) is 13.8 Å². The number of hydrogen-bond donors (Lipinski definition) is 1. The van der Waals surface area contributed by atoms with Crippen LogP contribution in [0.3, 0.4) is 0 Å². The van der Waals surface area contributed by atoms with Crippen molar-refractivity contribution in [2.24, 2.45) is 0 Å². The van der Waals surface area contributed by atoms with Crippen molar-refractivity contribution >= 4 is 5.69 Å². The van der Waals surface area contributed by atoms with Crippen LogP contribution in [0.15, 0.2) is 24.3 Å². The number of nitriles is 1. The smallest absolute Gasteiger partial charge is 0.105 e. The van der Waals surface area contributed by atoms with E-state index in [1.165, 1.54) is 11.3 Å². The van der Waals surface area contributed by atoms with Crippen molar-refractivity contribution < 1.29 is 0 Å². The molecule has 1 heterocycles. The number of nitrogens with zero attached hydrogens (tertiary/aromatic N) is 2. The Labute approximate surface area is 109 Å². The lowest BCUT2D eigenvalue weighted by atomic mass is 9.99. The molecule has 1 aromatic rings. The fraction of sp³-hybridized carbons (Fsp3) is 0.533. The summed E-state index contributed by atoms with van der Waals surface area (Å²) in [4.78, 5) is 2.39. The van der Waals surface area contributed by atoms with Crippen molar-refractivity contribution in [1.82, 2.24) is 5.32 Å². The maximum absolute atomic E-state index is 9.25. The molecule has 0 bridgehead atoms. The minimum absolute atomic E-state index is 0.410. The van der Waals surface area contributed by atoms with Crippen LogP contribution >= 0.6 is 0 Å². The lowest BCUT2D eigenvalue weighted by Crippen LogP contribution is -2.43. The van der Waals surface area contributed by atoms with Gasteiger partial charge >= 0.3 is 0 Å². The van der Waals surface area contributed by atoms with E-state index in [0.29, 0.717) is 0 Å². The Morgan fingerprint density at radius 2 is 2.22 bits per heavy atom. The molecule has 1 aliphatic heterocycles. The molecule has 0 radical (unpaired) electrons. The summed E-state index contributed by atoms with van der Waals surface area (Å²) in [5.41, 5.74) is 2.36. The second kappa shape index (κ2) is 5.41. The summed E-state index contributed by atoms with van der Waals surface area (Å²) in [7, 11) is 0. The van der Waals surface area contributed by atoms with E-state index < -0.39 is 5.54 Å². The fourth-order valence-corrected chi connectivity index (χ4v) is 2.57. The first-order chi connectivity index (χ1) is 8.68. The van der Waals surface area contributed by atoms with Gasteiger partial charge in [-0.15, -0.1) is 0 Å². The van der Waals surface area contributed by atoms with Crippen LogP contribution in [0, 0.1) is 11.3 Å². The molecular formula is C15H21N3. The number of anilines is 1. The maximum Gasteiger partial charge on any atom is 0.105 e. The number of rotatable bonds is 5. The molecule has 0 fully saturated rings. The van der Waals surface area contributed by atoms with Crippen molar-refractivity contribution in [3.05, 3.63) is 29.8 Å². The molecule has 2 rings (SSSR count). The zero-order valence-corrected chi connectivity index (χ0v) is 11.2. The highest BCUT2D eigenvalue weighted by molar-refractivity contribution is 5.57. The first kappa shape index (κ1) is 12.9. The number of para-hydroxylation sites is 1. The Morgan fingerprint density at radius 1 is 1.44 bits per heavy atom. The van der Waals surface area contributed by atoms with Gasteiger partial charge in [-0.1, -0.05) is 25.1 Å². The summed E-state index contributed by atoms with van der Waals surface area (Å²) < 4.78 is 0. The van der Waals surface area contributed by atoms with Crippen LogP contribution < -0.4 is 10.2 Å². The first-order valence-electron chi connectivity index (χ1n) is 6.67. The molecule has 96 valence electrons. The van der Waals surface area contributed by atoms with Gasteiger partial charge in [-0.3, -0.25) is 5.32 Å². The Morgan fingerprint density at radius 3 is 2.94 bits per heavy atom. The highest BCUT2D eigenvalue weighted by Gasteiger charge is 2.25. The van der Waals surface area contributed by atoms with Crippen LogP contribution in [0.5, 0.6) is 0 Å². The molecule has 3 nitrogen and oxygen atoms in total. The highest BCUT2D eigenvalue weighted by atomic mass is 15.1. The number of nitrogens with one attached hydrogen (secondary N) is 1. The van der Waals surface area contributed by atoms with Gasteiger partial charge in [-0.2, -0.15) is 5.26 Å². The number of benzene rings is 1. The predicted molar refractivity (Wildman–Crippen MR) is 74.7 cm³/mol. The van der Waals surface area contributed by atoms with Gasteiger partial charge in [0.05, 0.1) is 6.07 Å². The molecule has 18 heavy (non-hydrogen) atoms. The Balaban J connectivity index is 1.98. The molecular weight excluding hydrogens is 222 g/mol. The van der Waals surface area contributed by atoms with Gasteiger partial charge in [0.1, 0.15) is 5.54 Å². The Bertz CT molecular complexity index is 449. The number of fused-ring (bicyclic) bond motifs is 1. The van der Waals surface area contributed by atoms with Crippen LogP contribution in [-0.2, 0) is 6.42 Å². The van der Waals surface area contributed by atoms with Crippen molar-refractivity contribution in [1.29, 1.82) is 5.26 Å². The molecule has 0 saturated heterocycles. The minimum atomic E-state index is -0.410. The average Bonchev–Trinajstić information content (AvgIpc) is 2.80. The molecule has 0 aliphatic carbocycles. The van der Waals surface area contributed by atoms with Gasteiger partial charge in [0.2, 0.25) is 0 Å². The normalized spacial score (nSPS) is 17.1. The quantitative estimate of drug-likeness (QED) is 0.862. The Kier molecular flexibility index (Phi) is 3.88. The summed E-state index contributed by atoms with van der Waals surface area (Å²) >= 11 is 0. The van der Waals surface area contributed by atoms with Crippen molar-refractivity contribution in [3.63, 3.8) is 0 Å². The molecule has 3 heteroatoms. The third-order valence-electron chi connectivity index (χ3n) is 3.68. The minimum Gasteiger partial charge on any atom is -0.371 e. The largest absolute Gasteiger partial charge is 0.371 e. The van der Waals surface area contributed by atoms with E-state index in [4.69, 9.17) is 0 Å². The van der Waals surface area contributed by atoms with E-state index in [2.05, 4.69) is 40.6 Å². The molecule has 0 amide bonds. The molecule has 1 N–H and O–H groups in total. The van der Waals surface area contributed by atoms with Gasteiger partial charge in [-0.25, -0.2) is 0 Å². The van der Waals surface area contributed by atoms with E-state index in [-0.39, 0.29) is 0 Å². The Hall–Kier alpha value is -1.53. The molecule has 1 atom stereocenters. The molecule has 1 aromatic carbocycles. The monoisotopic (exact) mass is 243 g/mol. The van der Waals surface area contributed by atoms with Crippen LogP contribution in [0.4, 0.5) is 5.69 Å². The van der Waals surface area contributed by atoms with Gasteiger partial charge in [0.15, 0.2) is 0 Å². The lowest BCUT2D eigenvalue weighted by Gasteiger charge is -2.27. The summed E-state index contributed by atoms with van der Waals surface area (Å²) in [6, 6.07) is 11.0. The van der Waals surface area contributed by atoms with Gasteiger partial charge in [0.25, 0.3) is 0 Å². The van der Waals surface area contributed by atoms with E-state index >= 15 is 0 Å². The van der Waals surface area contributed by atoms with Gasteiger partial charge in [-0.05, 0) is 37.9 Å². The summed E-state index contributed by atoms with van der Waals surface area (Å²) in [5.74, 6) is 0. The van der Waals surface area contributed by atoms with E-state index in [9.17, 15) is 5.26 Å². The molecule has 1 unspecified atom stereocenters. The van der Waals surface area contributed by atoms with E-state index in [1.54, 1.807) is 0 Å². The van der Waals surface area contributed by atoms with Crippen LogP contribution in [-0.4, -0.2) is 25.2 Å². The predicted octanol–water partition coefficient (Wildman–Crippen LogP) is 2.33. The molecule has 0 saturated carbocycles. The van der Waals surface area contributed by atoms with Crippen LogP contribution in [0.25, 0.3) is 0 Å². The zero-order chi connectivity index (χ0) is 13.0. The van der Waals surface area contributed by atoms with Crippen LogP contribution in [0.1, 0.15) is 25.8 Å². The molecule has 0 spiro atoms. The maximum atomic E-state index is 9.25. The summed E-state index contributed by atoms with van der Waals surface area (Å²) in [6.45, 7) is 6.88. The fourth-order valence-electron chi connectivity index (χ4n) is 2.57. The second-order valence-electron chi connectivity index (χ2n) is 5.09. The first-order valence-corrected chi connectivity index (χ1v) is 6.67. The van der Waals surface area contributed by atoms with Crippen molar-refractivity contribution in [2.75, 3.05) is 24.5 Å². The number of hydrogen-bond acceptors (Lipinski definition) is 3. The highest BCUT2D eigenvalue weighted by Crippen LogP contribution is 2.28. The zero-order valence-electron chi connectivity index (χ0n) is 11.2. The standard InChI is InChI=1S/C15H21N3/c1-3-17-15(2,12-16)9-11-18-10-8-13-6-4-5-7-14(13)18/h4-7,17H,3,8-11H2,1-2H3. The molecule has 1 aliphatic rings. The van der Waals surface area contributed by atoms with Crippen molar-refractivity contribution in [2.45, 2.75) is 32.2 Å². The van der Waals surface area contributed by atoms with Gasteiger partial charge < -0.3 is 4.90 Å². The third-order valence-corrected chi connectivity index (χ3v) is 3.68. The molecule has 0 aromatic heterocycles. The summed E-state index contributed by atoms with van der Waals surface area (Å²) in [6.07, 6.45) is 1.98. The topological polar surface area (TPSA) is 39.1 Å². The van der Waals surface area contributed by atoms with Gasteiger partial charge in [0, 0.05) is 18.8 Å². The lowest BCUT2D eigenvalue weighted by molar-refractivity contribution is 0.430. The summed E-state index contributed by atoms with van der Waals surface area (Å²) in [5, 5.41) is 12.5. The third kappa shape index (κ3) is 2.65.